The maximum atomic E-state index is 9.76. The number of rotatable bonds is 3. The number of halogens is 2. The molecule has 29 heavy (non-hydrogen) atoms. The summed E-state index contributed by atoms with van der Waals surface area (Å²) in [6.07, 6.45) is 5.24. The number of hydrogen-bond acceptors (Lipinski definition) is 4. The molecule has 1 heterocycles. The average Bonchev–Trinajstić information content (AvgIpc) is 2.72. The van der Waals surface area contributed by atoms with Crippen LogP contribution < -0.4 is 15.2 Å². The Balaban J connectivity index is 1.93. The van der Waals surface area contributed by atoms with Crippen LogP contribution >= 0.6 is 23.2 Å². The zero-order chi connectivity index (χ0) is 20.5. The number of nitriles is 1. The maximum absolute atomic E-state index is 9.76. The minimum absolute atomic E-state index is 0.0428. The van der Waals surface area contributed by atoms with Crippen molar-refractivity contribution in [1.29, 1.82) is 5.26 Å². The van der Waals surface area contributed by atoms with Gasteiger partial charge >= 0.3 is 0 Å². The summed E-state index contributed by atoms with van der Waals surface area (Å²) in [6, 6.07) is 17.3. The van der Waals surface area contributed by atoms with Crippen molar-refractivity contribution < 1.29 is 9.47 Å². The fourth-order valence-corrected chi connectivity index (χ4v) is 4.14. The number of benzene rings is 3. The Labute approximate surface area is 178 Å². The van der Waals surface area contributed by atoms with Crippen molar-refractivity contribution in [1.82, 2.24) is 0 Å². The number of allylic oxidation sites excluding steroid dienone is 1. The van der Waals surface area contributed by atoms with Crippen molar-refractivity contribution in [3.63, 3.8) is 0 Å². The number of fused-ring (bicyclic) bond motifs is 3. The molecule has 0 bridgehead atoms. The highest BCUT2D eigenvalue weighted by Gasteiger charge is 2.32. The van der Waals surface area contributed by atoms with E-state index in [4.69, 9.17) is 44.8 Å². The SMILES string of the molecule is C#CCOc1c(Cl)cc([C@@H]2C(C#N)=C(N)Oc3c2ccc2ccccc32)cc1Cl. The van der Waals surface area contributed by atoms with E-state index in [9.17, 15) is 5.26 Å². The van der Waals surface area contributed by atoms with Crippen LogP contribution in [0, 0.1) is 23.7 Å². The molecule has 0 unspecified atom stereocenters. The Morgan fingerprint density at radius 1 is 1.14 bits per heavy atom. The highest BCUT2D eigenvalue weighted by molar-refractivity contribution is 6.37. The van der Waals surface area contributed by atoms with Gasteiger partial charge in [0.2, 0.25) is 5.88 Å². The second-order valence-electron chi connectivity index (χ2n) is 6.44. The van der Waals surface area contributed by atoms with Gasteiger partial charge in [-0.15, -0.1) is 6.42 Å². The first kappa shape index (κ1) is 19.0. The third-order valence-corrected chi connectivity index (χ3v) is 5.32. The topological polar surface area (TPSA) is 68.3 Å². The average molecular weight is 421 g/mol. The molecule has 0 saturated heterocycles. The summed E-state index contributed by atoms with van der Waals surface area (Å²) in [7, 11) is 0. The molecule has 0 aliphatic carbocycles. The molecule has 0 spiro atoms. The summed E-state index contributed by atoms with van der Waals surface area (Å²) in [5.74, 6) is 2.87. The van der Waals surface area contributed by atoms with E-state index in [0.29, 0.717) is 27.1 Å². The molecule has 3 aromatic carbocycles. The zero-order valence-corrected chi connectivity index (χ0v) is 16.6. The molecular formula is C23H14Cl2N2O2. The van der Waals surface area contributed by atoms with Crippen molar-refractivity contribution in [2.24, 2.45) is 5.73 Å². The van der Waals surface area contributed by atoms with Gasteiger partial charge in [0.15, 0.2) is 5.75 Å². The molecule has 0 radical (unpaired) electrons. The first-order valence-electron chi connectivity index (χ1n) is 8.69. The number of nitrogens with zero attached hydrogens (tertiary/aromatic N) is 1. The first-order chi connectivity index (χ1) is 14.0. The van der Waals surface area contributed by atoms with Crippen LogP contribution in [-0.4, -0.2) is 6.61 Å². The molecule has 1 aliphatic rings. The first-order valence-corrected chi connectivity index (χ1v) is 9.45. The normalized spacial score (nSPS) is 15.2. The van der Waals surface area contributed by atoms with Gasteiger partial charge in [0, 0.05) is 10.9 Å². The van der Waals surface area contributed by atoms with Gasteiger partial charge in [-0.3, -0.25) is 0 Å². The molecule has 3 aromatic rings. The fourth-order valence-electron chi connectivity index (χ4n) is 3.53. The lowest BCUT2D eigenvalue weighted by molar-refractivity contribution is 0.370. The van der Waals surface area contributed by atoms with Crippen molar-refractivity contribution in [3.05, 3.63) is 81.2 Å². The summed E-state index contributed by atoms with van der Waals surface area (Å²) in [4.78, 5) is 0. The van der Waals surface area contributed by atoms with Crippen molar-refractivity contribution in [2.75, 3.05) is 6.61 Å². The van der Waals surface area contributed by atoms with E-state index >= 15 is 0 Å². The standard InChI is InChI=1S/C23H14Cl2N2O2/c1-2-9-28-22-18(24)10-14(11-19(22)25)20-16-8-7-13-5-3-4-6-15(13)21(16)29-23(27)17(20)12-26/h1,3-8,10-11,20H,9,27H2/t20-/m0/s1. The minimum Gasteiger partial charge on any atom is -0.478 e. The van der Waals surface area contributed by atoms with Crippen molar-refractivity contribution >= 4 is 34.0 Å². The molecule has 0 saturated carbocycles. The van der Waals surface area contributed by atoms with Crippen LogP contribution in [-0.2, 0) is 0 Å². The quantitative estimate of drug-likeness (QED) is 0.577. The van der Waals surface area contributed by atoms with E-state index in [1.807, 2.05) is 36.4 Å². The van der Waals surface area contributed by atoms with Crippen LogP contribution in [0.1, 0.15) is 17.0 Å². The van der Waals surface area contributed by atoms with E-state index < -0.39 is 5.92 Å². The monoisotopic (exact) mass is 420 g/mol. The fraction of sp³-hybridized carbons (Fsp3) is 0.0870. The van der Waals surface area contributed by atoms with Crippen LogP contribution in [0.25, 0.3) is 10.8 Å². The predicted octanol–water partition coefficient (Wildman–Crippen LogP) is 5.38. The van der Waals surface area contributed by atoms with Crippen LogP contribution in [0.3, 0.4) is 0 Å². The molecular weight excluding hydrogens is 407 g/mol. The number of ether oxygens (including phenoxy) is 2. The maximum Gasteiger partial charge on any atom is 0.205 e. The zero-order valence-electron chi connectivity index (χ0n) is 15.1. The largest absolute Gasteiger partial charge is 0.478 e. The Morgan fingerprint density at radius 3 is 2.55 bits per heavy atom. The molecule has 0 aromatic heterocycles. The smallest absolute Gasteiger partial charge is 0.205 e. The predicted molar refractivity (Wildman–Crippen MR) is 114 cm³/mol. The molecule has 1 aliphatic heterocycles. The third-order valence-electron chi connectivity index (χ3n) is 4.76. The van der Waals surface area contributed by atoms with Gasteiger partial charge in [-0.05, 0) is 23.1 Å². The molecule has 1 atom stereocenters. The van der Waals surface area contributed by atoms with Gasteiger partial charge in [0.1, 0.15) is 24.0 Å². The van der Waals surface area contributed by atoms with Crippen LogP contribution in [0.2, 0.25) is 10.0 Å². The van der Waals surface area contributed by atoms with Crippen molar-refractivity contribution in [3.8, 4) is 29.9 Å². The summed E-state index contributed by atoms with van der Waals surface area (Å²) < 4.78 is 11.3. The van der Waals surface area contributed by atoms with Gasteiger partial charge in [-0.25, -0.2) is 0 Å². The lowest BCUT2D eigenvalue weighted by Crippen LogP contribution is -2.21. The molecule has 4 nitrogen and oxygen atoms in total. The van der Waals surface area contributed by atoms with E-state index in [-0.39, 0.29) is 18.1 Å². The highest BCUT2D eigenvalue weighted by atomic mass is 35.5. The summed E-state index contributed by atoms with van der Waals surface area (Å²) >= 11 is 12.8. The van der Waals surface area contributed by atoms with E-state index in [1.165, 1.54) is 0 Å². The summed E-state index contributed by atoms with van der Waals surface area (Å²) in [5, 5.41) is 12.3. The van der Waals surface area contributed by atoms with Crippen molar-refractivity contribution in [2.45, 2.75) is 5.92 Å². The van der Waals surface area contributed by atoms with Gasteiger partial charge in [0.25, 0.3) is 0 Å². The molecule has 4 rings (SSSR count). The van der Waals surface area contributed by atoms with E-state index in [0.717, 1.165) is 16.3 Å². The second kappa shape index (κ2) is 7.60. The number of terminal acetylenes is 1. The molecule has 2 N–H and O–H groups in total. The van der Waals surface area contributed by atoms with E-state index in [2.05, 4.69) is 12.0 Å². The molecule has 6 heteroatoms. The lowest BCUT2D eigenvalue weighted by Gasteiger charge is -2.28. The number of nitrogens with two attached hydrogens (primary N) is 1. The Kier molecular flexibility index (Phi) is 4.99. The Hall–Kier alpha value is -3.31. The minimum atomic E-state index is -0.481. The number of hydrogen-bond donors (Lipinski definition) is 1. The van der Waals surface area contributed by atoms with Crippen LogP contribution in [0.4, 0.5) is 0 Å². The molecule has 0 fully saturated rings. The summed E-state index contributed by atoms with van der Waals surface area (Å²) in [5.41, 5.74) is 7.91. The van der Waals surface area contributed by atoms with Gasteiger partial charge < -0.3 is 15.2 Å². The van der Waals surface area contributed by atoms with Gasteiger partial charge in [-0.1, -0.05) is 65.5 Å². The lowest BCUT2D eigenvalue weighted by atomic mass is 9.82. The molecule has 0 amide bonds. The second-order valence-corrected chi connectivity index (χ2v) is 7.25. The summed E-state index contributed by atoms with van der Waals surface area (Å²) in [6.45, 7) is 0.0428. The van der Waals surface area contributed by atoms with Gasteiger partial charge in [-0.2, -0.15) is 5.26 Å². The van der Waals surface area contributed by atoms with Crippen LogP contribution in [0.15, 0.2) is 60.0 Å². The van der Waals surface area contributed by atoms with E-state index in [1.54, 1.807) is 12.1 Å². The molecule has 142 valence electrons. The third kappa shape index (κ3) is 3.23. The Bertz CT molecular complexity index is 1230. The van der Waals surface area contributed by atoms with Crippen LogP contribution in [0.5, 0.6) is 11.5 Å². The van der Waals surface area contributed by atoms with Gasteiger partial charge in [0.05, 0.1) is 16.0 Å². The highest BCUT2D eigenvalue weighted by Crippen LogP contribution is 2.47. The Morgan fingerprint density at radius 2 is 1.86 bits per heavy atom.